The maximum absolute atomic E-state index is 16.0. The van der Waals surface area contributed by atoms with E-state index in [0.29, 0.717) is 0 Å². The molecule has 0 bridgehead atoms. The van der Waals surface area contributed by atoms with Crippen LogP contribution < -0.4 is 14.6 Å². The van der Waals surface area contributed by atoms with E-state index in [0.717, 1.165) is 66.7 Å². The first kappa shape index (κ1) is 32.1. The van der Waals surface area contributed by atoms with Crippen molar-refractivity contribution in [2.75, 3.05) is 9.34 Å². The van der Waals surface area contributed by atoms with Crippen LogP contribution in [0, 0.1) is 0 Å². The Morgan fingerprint density at radius 3 is 1.56 bits per heavy atom. The Kier molecular flexibility index (Phi) is 6.87. The van der Waals surface area contributed by atoms with Gasteiger partial charge in [-0.2, -0.15) is 0 Å². The second-order valence-corrected chi connectivity index (χ2v) is 17.2. The van der Waals surface area contributed by atoms with Crippen molar-refractivity contribution in [3.05, 3.63) is 200 Å². The molecule has 0 saturated carbocycles. The van der Waals surface area contributed by atoms with Gasteiger partial charge in [-0.15, -0.1) is 0 Å². The highest BCUT2D eigenvalue weighted by atomic mass is 31.2. The SMILES string of the molecule is O=P1(c2ccccc2)N(c2ccccc2)c2ccc(-c3ccc4oc5ccc(-c6ccc7c8c(cccc68)-c6ccccc6-7)cc5c4c3)cc2N1c1ccccc1. The molecular formula is C52H33N2O2P. The first-order valence-corrected chi connectivity index (χ1v) is 20.9. The number of nitrogens with zero attached hydrogens (tertiary/aromatic N) is 2. The van der Waals surface area contributed by atoms with Crippen LogP contribution in [-0.4, -0.2) is 0 Å². The van der Waals surface area contributed by atoms with E-state index in [1.807, 2.05) is 95.7 Å². The Morgan fingerprint density at radius 1 is 0.368 bits per heavy atom. The molecule has 2 aliphatic rings. The lowest BCUT2D eigenvalue weighted by Gasteiger charge is -2.33. The molecule has 57 heavy (non-hydrogen) atoms. The summed E-state index contributed by atoms with van der Waals surface area (Å²) in [6.07, 6.45) is 0. The molecule has 0 spiro atoms. The predicted molar refractivity (Wildman–Crippen MR) is 237 cm³/mol. The maximum atomic E-state index is 16.0. The van der Waals surface area contributed by atoms with Crippen molar-refractivity contribution in [2.45, 2.75) is 0 Å². The second-order valence-electron chi connectivity index (χ2n) is 14.8. The van der Waals surface area contributed by atoms with Gasteiger partial charge in [-0.25, -0.2) is 0 Å². The summed E-state index contributed by atoms with van der Waals surface area (Å²) < 4.78 is 26.6. The van der Waals surface area contributed by atoms with E-state index in [4.69, 9.17) is 4.42 Å². The van der Waals surface area contributed by atoms with Crippen LogP contribution in [0.1, 0.15) is 0 Å². The summed E-state index contributed by atoms with van der Waals surface area (Å²) in [6, 6.07) is 69.5. The Morgan fingerprint density at radius 2 is 0.877 bits per heavy atom. The smallest absolute Gasteiger partial charge is 0.301 e. The minimum Gasteiger partial charge on any atom is -0.456 e. The summed E-state index contributed by atoms with van der Waals surface area (Å²) in [5.41, 5.74) is 14.9. The Hall–Kier alpha value is -7.13. The molecule has 0 saturated heterocycles. The zero-order valence-electron chi connectivity index (χ0n) is 30.7. The lowest BCUT2D eigenvalue weighted by Crippen LogP contribution is -2.26. The lowest BCUT2D eigenvalue weighted by atomic mass is 9.93. The molecule has 0 fully saturated rings. The summed E-state index contributed by atoms with van der Waals surface area (Å²) in [5.74, 6) is 0. The number of furan rings is 1. The number of rotatable bonds is 5. The summed E-state index contributed by atoms with van der Waals surface area (Å²) in [6.45, 7) is 0. The highest BCUT2D eigenvalue weighted by Crippen LogP contribution is 2.70. The predicted octanol–water partition coefficient (Wildman–Crippen LogP) is 14.5. The van der Waals surface area contributed by atoms with E-state index in [1.54, 1.807) is 0 Å². The van der Waals surface area contributed by atoms with Crippen LogP contribution in [-0.2, 0) is 4.57 Å². The van der Waals surface area contributed by atoms with Crippen molar-refractivity contribution >= 4 is 68.2 Å². The van der Waals surface area contributed by atoms with Crippen LogP contribution in [0.15, 0.2) is 205 Å². The number of fused-ring (bicyclic) bond motifs is 7. The largest absolute Gasteiger partial charge is 0.456 e. The molecule has 12 rings (SSSR count). The fourth-order valence-corrected chi connectivity index (χ4v) is 12.2. The van der Waals surface area contributed by atoms with Crippen LogP contribution >= 0.6 is 7.44 Å². The minimum absolute atomic E-state index is 0.766. The zero-order valence-corrected chi connectivity index (χ0v) is 31.6. The minimum atomic E-state index is -3.46. The summed E-state index contributed by atoms with van der Waals surface area (Å²) in [4.78, 5) is 0. The van der Waals surface area contributed by atoms with Gasteiger partial charge in [0.1, 0.15) is 11.2 Å². The first-order valence-electron chi connectivity index (χ1n) is 19.3. The first-order chi connectivity index (χ1) is 28.1. The van der Waals surface area contributed by atoms with Gasteiger partial charge in [-0.3, -0.25) is 13.9 Å². The van der Waals surface area contributed by atoms with E-state index < -0.39 is 7.44 Å². The summed E-state index contributed by atoms with van der Waals surface area (Å²) >= 11 is 0. The Labute approximate surface area is 330 Å². The fourth-order valence-electron chi connectivity index (χ4n) is 9.20. The van der Waals surface area contributed by atoms with E-state index >= 15 is 4.57 Å². The standard InChI is InChI=1S/C52H33N2O2P/c55-57(39-17-8-3-9-18-39)53(37-13-4-1-5-14-37)48-28-23-35(33-49(48)54(57)38-15-6-2-7-16-38)34-24-29-50-46(31-34)47-32-36(25-30-51(47)56-50)40-26-27-45-42-20-11-10-19-41(42)44-22-12-21-43(40)52(44)45/h1-33H. The van der Waals surface area contributed by atoms with Crippen molar-refractivity contribution in [3.8, 4) is 44.5 Å². The van der Waals surface area contributed by atoms with E-state index in [9.17, 15) is 0 Å². The number of hydrogen-bond donors (Lipinski definition) is 0. The molecule has 268 valence electrons. The van der Waals surface area contributed by atoms with Crippen molar-refractivity contribution in [1.82, 2.24) is 0 Å². The van der Waals surface area contributed by atoms with Gasteiger partial charge in [0.2, 0.25) is 0 Å². The van der Waals surface area contributed by atoms with E-state index in [-0.39, 0.29) is 0 Å². The van der Waals surface area contributed by atoms with Crippen LogP contribution in [0.3, 0.4) is 0 Å². The highest BCUT2D eigenvalue weighted by molar-refractivity contribution is 7.76. The molecule has 5 heteroatoms. The average molecular weight is 749 g/mol. The second kappa shape index (κ2) is 12.2. The van der Waals surface area contributed by atoms with Crippen LogP contribution in [0.4, 0.5) is 22.7 Å². The van der Waals surface area contributed by atoms with Gasteiger partial charge in [-0.1, -0.05) is 127 Å². The number of benzene rings is 9. The van der Waals surface area contributed by atoms with Crippen molar-refractivity contribution in [2.24, 2.45) is 0 Å². The molecule has 10 aromatic rings. The fraction of sp³-hybridized carbons (Fsp3) is 0. The molecule has 0 amide bonds. The van der Waals surface area contributed by atoms with Gasteiger partial charge in [0.05, 0.1) is 16.7 Å². The molecule has 1 aromatic heterocycles. The molecule has 4 nitrogen and oxygen atoms in total. The van der Waals surface area contributed by atoms with Gasteiger partial charge < -0.3 is 4.42 Å². The molecular weight excluding hydrogens is 716 g/mol. The molecule has 1 atom stereocenters. The summed E-state index contributed by atoms with van der Waals surface area (Å²) in [7, 11) is -3.46. The monoisotopic (exact) mass is 748 g/mol. The zero-order chi connectivity index (χ0) is 37.7. The molecule has 9 aromatic carbocycles. The number of hydrogen-bond acceptors (Lipinski definition) is 2. The van der Waals surface area contributed by atoms with Gasteiger partial charge >= 0.3 is 7.44 Å². The third-order valence-corrected chi connectivity index (χ3v) is 14.7. The molecule has 2 heterocycles. The van der Waals surface area contributed by atoms with E-state index in [1.165, 1.54) is 38.6 Å². The van der Waals surface area contributed by atoms with Gasteiger partial charge in [0.15, 0.2) is 0 Å². The molecule has 0 N–H and O–H groups in total. The van der Waals surface area contributed by atoms with Crippen LogP contribution in [0.2, 0.25) is 0 Å². The Balaban J connectivity index is 1.01. The van der Waals surface area contributed by atoms with Crippen LogP contribution in [0.5, 0.6) is 0 Å². The Bertz CT molecular complexity index is 3260. The third-order valence-electron chi connectivity index (χ3n) is 11.7. The summed E-state index contributed by atoms with van der Waals surface area (Å²) in [5, 5.41) is 5.48. The lowest BCUT2D eigenvalue weighted by molar-refractivity contribution is 0.582. The number of para-hydroxylation sites is 2. The quantitative estimate of drug-likeness (QED) is 0.164. The molecule has 1 unspecified atom stereocenters. The van der Waals surface area contributed by atoms with E-state index in [2.05, 4.69) is 114 Å². The average Bonchev–Trinajstić information content (AvgIpc) is 3.90. The van der Waals surface area contributed by atoms with Gasteiger partial charge in [-0.05, 0) is 128 Å². The van der Waals surface area contributed by atoms with Gasteiger partial charge in [0.25, 0.3) is 0 Å². The van der Waals surface area contributed by atoms with Crippen LogP contribution in [0.25, 0.3) is 77.2 Å². The highest BCUT2D eigenvalue weighted by Gasteiger charge is 2.49. The van der Waals surface area contributed by atoms with Crippen molar-refractivity contribution < 1.29 is 8.98 Å². The van der Waals surface area contributed by atoms with Gasteiger partial charge in [0, 0.05) is 22.1 Å². The third kappa shape index (κ3) is 4.65. The molecule has 0 radical (unpaired) electrons. The molecule has 1 aliphatic carbocycles. The maximum Gasteiger partial charge on any atom is 0.301 e. The normalized spacial score (nSPS) is 15.4. The number of anilines is 4. The molecule has 1 aliphatic heterocycles. The van der Waals surface area contributed by atoms with Crippen molar-refractivity contribution in [1.29, 1.82) is 0 Å². The topological polar surface area (TPSA) is 36.7 Å². The van der Waals surface area contributed by atoms with Crippen molar-refractivity contribution in [3.63, 3.8) is 0 Å².